The Morgan fingerprint density at radius 2 is 2.25 bits per heavy atom. The van der Waals surface area contributed by atoms with Gasteiger partial charge in [-0.25, -0.2) is 0 Å². The number of likely N-dealkylation sites (tertiary alicyclic amines) is 1. The number of hydrogen-bond donors (Lipinski definition) is 1. The van der Waals surface area contributed by atoms with Crippen molar-refractivity contribution in [3.63, 3.8) is 0 Å². The summed E-state index contributed by atoms with van der Waals surface area (Å²) in [6, 6.07) is 0.671. The zero-order valence-electron chi connectivity index (χ0n) is 11.4. The van der Waals surface area contributed by atoms with E-state index in [0.717, 1.165) is 13.1 Å². The van der Waals surface area contributed by atoms with Crippen LogP contribution in [0.4, 0.5) is 0 Å². The Kier molecular flexibility index (Phi) is 5.73. The lowest BCUT2D eigenvalue weighted by atomic mass is 9.93. The Balaban J connectivity index is 2.55. The number of rotatable bonds is 6. The number of likely N-dealkylation sites (N-methyl/N-ethyl adjacent to an activating group) is 1. The number of hydrogen-bond acceptors (Lipinski definition) is 3. The summed E-state index contributed by atoms with van der Waals surface area (Å²) in [4.78, 5) is 2.60. The Labute approximate surface area is 101 Å². The van der Waals surface area contributed by atoms with Crippen molar-refractivity contribution >= 4 is 0 Å². The van der Waals surface area contributed by atoms with E-state index in [0.29, 0.717) is 6.04 Å². The standard InChI is InChI=1S/C13H28N2O/c1-5-7-12(10-14-3)15-9-6-8-13(2,11-15)16-4/h12,14H,5-11H2,1-4H3. The minimum atomic E-state index is 0.0674. The third kappa shape index (κ3) is 3.72. The summed E-state index contributed by atoms with van der Waals surface area (Å²) < 4.78 is 5.65. The number of nitrogens with one attached hydrogen (secondary N) is 1. The van der Waals surface area contributed by atoms with E-state index in [-0.39, 0.29) is 5.60 Å². The van der Waals surface area contributed by atoms with Crippen LogP contribution in [0.25, 0.3) is 0 Å². The zero-order valence-corrected chi connectivity index (χ0v) is 11.4. The highest BCUT2D eigenvalue weighted by molar-refractivity contribution is 4.88. The molecule has 3 heteroatoms. The molecular formula is C13H28N2O. The molecule has 0 amide bonds. The molecule has 1 fully saturated rings. The molecule has 1 aliphatic heterocycles. The van der Waals surface area contributed by atoms with Crippen molar-refractivity contribution in [3.05, 3.63) is 0 Å². The molecule has 1 saturated heterocycles. The monoisotopic (exact) mass is 228 g/mol. The fraction of sp³-hybridized carbons (Fsp3) is 1.00. The average Bonchev–Trinajstić information content (AvgIpc) is 2.29. The number of piperidine rings is 1. The molecule has 0 radical (unpaired) electrons. The van der Waals surface area contributed by atoms with Gasteiger partial charge in [-0.2, -0.15) is 0 Å². The minimum absolute atomic E-state index is 0.0674. The molecule has 2 unspecified atom stereocenters. The van der Waals surface area contributed by atoms with E-state index >= 15 is 0 Å². The predicted molar refractivity (Wildman–Crippen MR) is 68.8 cm³/mol. The summed E-state index contributed by atoms with van der Waals surface area (Å²) in [7, 11) is 3.89. The third-order valence-corrected chi connectivity index (χ3v) is 3.76. The van der Waals surface area contributed by atoms with Gasteiger partial charge in [0.25, 0.3) is 0 Å². The first-order valence-electron chi connectivity index (χ1n) is 6.59. The molecule has 1 heterocycles. The lowest BCUT2D eigenvalue weighted by Crippen LogP contribution is -2.53. The van der Waals surface area contributed by atoms with Crippen molar-refractivity contribution in [2.24, 2.45) is 0 Å². The van der Waals surface area contributed by atoms with Gasteiger partial charge in [0.15, 0.2) is 0 Å². The fourth-order valence-electron chi connectivity index (χ4n) is 2.70. The second kappa shape index (κ2) is 6.58. The molecular weight excluding hydrogens is 200 g/mol. The number of nitrogens with zero attached hydrogens (tertiary/aromatic N) is 1. The van der Waals surface area contributed by atoms with Crippen LogP contribution in [-0.2, 0) is 4.74 Å². The number of ether oxygens (including phenoxy) is 1. The van der Waals surface area contributed by atoms with E-state index in [1.807, 2.05) is 14.2 Å². The Morgan fingerprint density at radius 3 is 2.81 bits per heavy atom. The van der Waals surface area contributed by atoms with Crippen LogP contribution in [0.1, 0.15) is 39.5 Å². The first-order valence-corrected chi connectivity index (χ1v) is 6.59. The van der Waals surface area contributed by atoms with Gasteiger partial charge in [0, 0.05) is 26.2 Å². The molecule has 0 aromatic carbocycles. The summed E-state index contributed by atoms with van der Waals surface area (Å²) in [5, 5.41) is 3.31. The van der Waals surface area contributed by atoms with Crippen LogP contribution in [0.5, 0.6) is 0 Å². The van der Waals surface area contributed by atoms with Gasteiger partial charge in [0.05, 0.1) is 5.60 Å². The van der Waals surface area contributed by atoms with E-state index in [2.05, 4.69) is 24.1 Å². The van der Waals surface area contributed by atoms with Crippen molar-refractivity contribution in [2.45, 2.75) is 51.2 Å². The van der Waals surface area contributed by atoms with Crippen LogP contribution in [0.3, 0.4) is 0 Å². The Hall–Kier alpha value is -0.120. The van der Waals surface area contributed by atoms with E-state index in [1.54, 1.807) is 0 Å². The second-order valence-corrected chi connectivity index (χ2v) is 5.23. The molecule has 96 valence electrons. The van der Waals surface area contributed by atoms with E-state index in [4.69, 9.17) is 4.74 Å². The molecule has 0 saturated carbocycles. The van der Waals surface area contributed by atoms with Crippen LogP contribution in [0.15, 0.2) is 0 Å². The van der Waals surface area contributed by atoms with Crippen molar-refractivity contribution in [2.75, 3.05) is 33.8 Å². The highest BCUT2D eigenvalue weighted by atomic mass is 16.5. The van der Waals surface area contributed by atoms with Gasteiger partial charge in [-0.1, -0.05) is 13.3 Å². The van der Waals surface area contributed by atoms with Crippen molar-refractivity contribution in [1.82, 2.24) is 10.2 Å². The molecule has 0 aliphatic carbocycles. The largest absolute Gasteiger partial charge is 0.377 e. The Bertz CT molecular complexity index is 192. The van der Waals surface area contributed by atoms with E-state index in [1.165, 1.54) is 32.2 Å². The Morgan fingerprint density at radius 1 is 1.50 bits per heavy atom. The normalized spacial score (nSPS) is 29.2. The topological polar surface area (TPSA) is 24.5 Å². The molecule has 1 rings (SSSR count). The maximum atomic E-state index is 5.65. The lowest BCUT2D eigenvalue weighted by Gasteiger charge is -2.43. The first kappa shape index (κ1) is 13.9. The van der Waals surface area contributed by atoms with E-state index < -0.39 is 0 Å². The molecule has 2 atom stereocenters. The second-order valence-electron chi connectivity index (χ2n) is 5.23. The molecule has 3 nitrogen and oxygen atoms in total. The van der Waals surface area contributed by atoms with Crippen LogP contribution in [0, 0.1) is 0 Å². The zero-order chi connectivity index (χ0) is 12.0. The molecule has 0 spiro atoms. The predicted octanol–water partition coefficient (Wildman–Crippen LogP) is 1.88. The van der Waals surface area contributed by atoms with E-state index in [9.17, 15) is 0 Å². The van der Waals surface area contributed by atoms with Gasteiger partial charge < -0.3 is 10.1 Å². The first-order chi connectivity index (χ1) is 7.65. The van der Waals surface area contributed by atoms with Gasteiger partial charge in [-0.05, 0) is 39.8 Å². The van der Waals surface area contributed by atoms with Gasteiger partial charge >= 0.3 is 0 Å². The molecule has 1 aliphatic rings. The fourth-order valence-corrected chi connectivity index (χ4v) is 2.70. The van der Waals surface area contributed by atoms with Crippen LogP contribution < -0.4 is 5.32 Å². The van der Waals surface area contributed by atoms with Gasteiger partial charge in [0.2, 0.25) is 0 Å². The molecule has 16 heavy (non-hydrogen) atoms. The van der Waals surface area contributed by atoms with Gasteiger partial charge in [-0.3, -0.25) is 4.90 Å². The van der Waals surface area contributed by atoms with Crippen molar-refractivity contribution < 1.29 is 4.74 Å². The molecule has 0 bridgehead atoms. The highest BCUT2D eigenvalue weighted by Crippen LogP contribution is 2.26. The molecule has 1 N–H and O–H groups in total. The minimum Gasteiger partial charge on any atom is -0.377 e. The summed E-state index contributed by atoms with van der Waals surface area (Å²) in [5.41, 5.74) is 0.0674. The SMILES string of the molecule is CCCC(CNC)N1CCCC(C)(OC)C1. The summed E-state index contributed by atoms with van der Waals surface area (Å²) in [6.45, 7) is 7.90. The van der Waals surface area contributed by atoms with Crippen molar-refractivity contribution in [1.29, 1.82) is 0 Å². The maximum Gasteiger partial charge on any atom is 0.0777 e. The maximum absolute atomic E-state index is 5.65. The van der Waals surface area contributed by atoms with Crippen LogP contribution >= 0.6 is 0 Å². The van der Waals surface area contributed by atoms with Gasteiger partial charge in [-0.15, -0.1) is 0 Å². The third-order valence-electron chi connectivity index (χ3n) is 3.76. The van der Waals surface area contributed by atoms with Crippen molar-refractivity contribution in [3.8, 4) is 0 Å². The van der Waals surface area contributed by atoms with Gasteiger partial charge in [0.1, 0.15) is 0 Å². The smallest absolute Gasteiger partial charge is 0.0777 e. The van der Waals surface area contributed by atoms with Crippen LogP contribution in [0.2, 0.25) is 0 Å². The number of methoxy groups -OCH3 is 1. The summed E-state index contributed by atoms with van der Waals surface area (Å²) in [6.07, 6.45) is 4.99. The van der Waals surface area contributed by atoms with Crippen LogP contribution in [-0.4, -0.2) is 50.3 Å². The molecule has 0 aromatic heterocycles. The summed E-state index contributed by atoms with van der Waals surface area (Å²) in [5.74, 6) is 0. The average molecular weight is 228 g/mol. The quantitative estimate of drug-likeness (QED) is 0.751. The molecule has 0 aromatic rings. The highest BCUT2D eigenvalue weighted by Gasteiger charge is 2.33. The summed E-state index contributed by atoms with van der Waals surface area (Å²) >= 11 is 0. The lowest BCUT2D eigenvalue weighted by molar-refractivity contribution is -0.0617.